The molecular formula is C40H24F4S. The van der Waals surface area contributed by atoms with Gasteiger partial charge < -0.3 is 0 Å². The van der Waals surface area contributed by atoms with Crippen molar-refractivity contribution in [3.8, 4) is 65.4 Å². The van der Waals surface area contributed by atoms with Crippen molar-refractivity contribution in [1.82, 2.24) is 0 Å². The summed E-state index contributed by atoms with van der Waals surface area (Å²) in [6, 6.07) is 43.4. The highest BCUT2D eigenvalue weighted by molar-refractivity contribution is 7.18. The molecule has 1 aromatic heterocycles. The Bertz CT molecular complexity index is 1920. The minimum absolute atomic E-state index is 0.507. The van der Waals surface area contributed by atoms with Crippen molar-refractivity contribution in [2.24, 2.45) is 0 Å². The van der Waals surface area contributed by atoms with Crippen LogP contribution in [0.15, 0.2) is 146 Å². The highest BCUT2D eigenvalue weighted by Gasteiger charge is 2.09. The van der Waals surface area contributed by atoms with Gasteiger partial charge in [0.05, 0.1) is 0 Å². The first kappa shape index (κ1) is 28.5. The third-order valence-corrected chi connectivity index (χ3v) is 8.96. The summed E-state index contributed by atoms with van der Waals surface area (Å²) in [6.07, 6.45) is 0. The summed E-state index contributed by atoms with van der Waals surface area (Å²) >= 11 is 1.72. The lowest BCUT2D eigenvalue weighted by Crippen LogP contribution is -1.85. The molecule has 0 saturated carbocycles. The van der Waals surface area contributed by atoms with Gasteiger partial charge in [-0.15, -0.1) is 11.3 Å². The molecule has 0 saturated heterocycles. The van der Waals surface area contributed by atoms with Crippen molar-refractivity contribution in [3.05, 3.63) is 169 Å². The number of benzene rings is 6. The SMILES string of the molecule is Fc1cc(F)cc(-c2ccc(-c3ccc(-c4ccc(-c5ccc(-c6ccc(-c7cc(F)cc(F)c7)cc6)cc5)s4)cc3)cc2)c1. The second-order valence-electron chi connectivity index (χ2n) is 10.8. The fourth-order valence-electron chi connectivity index (χ4n) is 5.45. The summed E-state index contributed by atoms with van der Waals surface area (Å²) in [4.78, 5) is 2.32. The zero-order valence-corrected chi connectivity index (χ0v) is 24.6. The Morgan fingerprint density at radius 3 is 0.733 bits per heavy atom. The summed E-state index contributed by atoms with van der Waals surface area (Å²) in [5.74, 6) is -2.37. The first-order valence-electron chi connectivity index (χ1n) is 14.3. The van der Waals surface area contributed by atoms with Gasteiger partial charge in [-0.1, -0.05) is 97.1 Å². The van der Waals surface area contributed by atoms with Crippen molar-refractivity contribution in [2.75, 3.05) is 0 Å². The Hall–Kier alpha value is -5.26. The van der Waals surface area contributed by atoms with Crippen molar-refractivity contribution in [2.45, 2.75) is 0 Å². The van der Waals surface area contributed by atoms with Gasteiger partial charge in [0.25, 0.3) is 0 Å². The van der Waals surface area contributed by atoms with Crippen LogP contribution in [0.4, 0.5) is 17.6 Å². The van der Waals surface area contributed by atoms with E-state index in [-0.39, 0.29) is 0 Å². The number of halogens is 4. The summed E-state index contributed by atoms with van der Waals surface area (Å²) in [5, 5.41) is 0. The van der Waals surface area contributed by atoms with E-state index in [0.29, 0.717) is 11.1 Å². The third kappa shape index (κ3) is 6.21. The average molecular weight is 613 g/mol. The highest BCUT2D eigenvalue weighted by Crippen LogP contribution is 2.36. The van der Waals surface area contributed by atoms with Gasteiger partial charge in [0.1, 0.15) is 23.3 Å². The fourth-order valence-corrected chi connectivity index (χ4v) is 6.47. The number of hydrogen-bond acceptors (Lipinski definition) is 1. The van der Waals surface area contributed by atoms with Gasteiger partial charge in [0, 0.05) is 21.9 Å². The second-order valence-corrected chi connectivity index (χ2v) is 11.9. The van der Waals surface area contributed by atoms with Gasteiger partial charge in [-0.05, 0) is 92.0 Å². The highest BCUT2D eigenvalue weighted by atomic mass is 32.1. The first-order chi connectivity index (χ1) is 21.9. The number of rotatable bonds is 6. The standard InChI is InChI=1S/C40H24F4S/c41-35-19-33(20-36(42)23-35)29-5-1-25(2-6-29)27-9-13-31(14-10-27)39-17-18-40(45-39)32-15-11-28(12-16-32)26-3-7-30(8-4-26)34-21-37(43)24-38(44)22-34/h1-24H. The van der Waals surface area contributed by atoms with Gasteiger partial charge in [0.15, 0.2) is 0 Å². The molecule has 0 atom stereocenters. The molecule has 1 heterocycles. The Morgan fingerprint density at radius 2 is 0.467 bits per heavy atom. The van der Waals surface area contributed by atoms with E-state index in [4.69, 9.17) is 0 Å². The predicted octanol–water partition coefficient (Wildman–Crippen LogP) is 12.3. The monoisotopic (exact) mass is 612 g/mol. The van der Waals surface area contributed by atoms with E-state index in [1.165, 1.54) is 24.3 Å². The molecule has 0 unspecified atom stereocenters. The van der Waals surface area contributed by atoms with Crippen LogP contribution >= 0.6 is 11.3 Å². The van der Waals surface area contributed by atoms with Gasteiger partial charge in [0.2, 0.25) is 0 Å². The van der Waals surface area contributed by atoms with Crippen LogP contribution < -0.4 is 0 Å². The first-order valence-corrected chi connectivity index (χ1v) is 15.1. The van der Waals surface area contributed by atoms with Crippen LogP contribution in [0.3, 0.4) is 0 Å². The quantitative estimate of drug-likeness (QED) is 0.164. The van der Waals surface area contributed by atoms with Crippen molar-refractivity contribution < 1.29 is 17.6 Å². The van der Waals surface area contributed by atoms with Crippen LogP contribution in [0.2, 0.25) is 0 Å². The molecule has 0 amide bonds. The molecule has 0 spiro atoms. The van der Waals surface area contributed by atoms with E-state index in [2.05, 4.69) is 60.7 Å². The third-order valence-electron chi connectivity index (χ3n) is 7.77. The Kier molecular flexibility index (Phi) is 7.62. The van der Waals surface area contributed by atoms with E-state index < -0.39 is 23.3 Å². The molecule has 6 aromatic carbocycles. The van der Waals surface area contributed by atoms with Gasteiger partial charge >= 0.3 is 0 Å². The molecule has 7 rings (SSSR count). The molecule has 0 radical (unpaired) electrons. The van der Waals surface area contributed by atoms with Crippen molar-refractivity contribution in [1.29, 1.82) is 0 Å². The lowest BCUT2D eigenvalue weighted by molar-refractivity contribution is 0.583. The van der Waals surface area contributed by atoms with Crippen LogP contribution in [-0.2, 0) is 0 Å². The van der Waals surface area contributed by atoms with Crippen LogP contribution in [-0.4, -0.2) is 0 Å². The zero-order chi connectivity index (χ0) is 30.9. The topological polar surface area (TPSA) is 0 Å². The van der Waals surface area contributed by atoms with Crippen LogP contribution in [0.5, 0.6) is 0 Å². The molecule has 0 aliphatic heterocycles. The van der Waals surface area contributed by atoms with E-state index >= 15 is 0 Å². The van der Waals surface area contributed by atoms with Crippen LogP contribution in [0.1, 0.15) is 0 Å². The molecule has 0 bridgehead atoms. The molecular weight excluding hydrogens is 588 g/mol. The smallest absolute Gasteiger partial charge is 0.126 e. The molecule has 218 valence electrons. The maximum Gasteiger partial charge on any atom is 0.126 e. The summed E-state index contributed by atoms with van der Waals surface area (Å²) in [5.41, 5.74) is 8.92. The van der Waals surface area contributed by atoms with Crippen molar-refractivity contribution >= 4 is 11.3 Å². The van der Waals surface area contributed by atoms with Gasteiger partial charge in [-0.2, -0.15) is 0 Å². The molecule has 45 heavy (non-hydrogen) atoms. The maximum absolute atomic E-state index is 13.6. The van der Waals surface area contributed by atoms with Gasteiger partial charge in [-0.3, -0.25) is 0 Å². The summed E-state index contributed by atoms with van der Waals surface area (Å²) < 4.78 is 54.5. The lowest BCUT2D eigenvalue weighted by Gasteiger charge is -2.07. The minimum Gasteiger partial charge on any atom is -0.207 e. The number of hydrogen-bond donors (Lipinski definition) is 0. The largest absolute Gasteiger partial charge is 0.207 e. The zero-order valence-electron chi connectivity index (χ0n) is 23.8. The molecule has 0 aliphatic carbocycles. The normalized spacial score (nSPS) is 11.1. The molecule has 7 aromatic rings. The van der Waals surface area contributed by atoms with Crippen molar-refractivity contribution in [3.63, 3.8) is 0 Å². The average Bonchev–Trinajstić information content (AvgIpc) is 3.55. The van der Waals surface area contributed by atoms with Crippen LogP contribution in [0, 0.1) is 23.3 Å². The van der Waals surface area contributed by atoms with E-state index in [9.17, 15) is 17.6 Å². The Morgan fingerprint density at radius 1 is 0.244 bits per heavy atom. The molecule has 0 nitrogen and oxygen atoms in total. The van der Waals surface area contributed by atoms with Crippen LogP contribution in [0.25, 0.3) is 65.4 Å². The Balaban J connectivity index is 1.04. The van der Waals surface area contributed by atoms with E-state index in [1.807, 2.05) is 48.5 Å². The molecule has 5 heteroatoms. The second kappa shape index (κ2) is 12.0. The van der Waals surface area contributed by atoms with Gasteiger partial charge in [-0.25, -0.2) is 17.6 Å². The summed E-state index contributed by atoms with van der Waals surface area (Å²) in [7, 11) is 0. The lowest BCUT2D eigenvalue weighted by atomic mass is 9.99. The molecule has 0 aliphatic rings. The fraction of sp³-hybridized carbons (Fsp3) is 0. The molecule has 0 fully saturated rings. The summed E-state index contributed by atoms with van der Waals surface area (Å²) in [6.45, 7) is 0. The maximum atomic E-state index is 13.6. The van der Waals surface area contributed by atoms with E-state index in [0.717, 1.165) is 66.4 Å². The molecule has 0 N–H and O–H groups in total. The number of thiophene rings is 1. The Labute approximate surface area is 262 Å². The minimum atomic E-state index is -0.593. The predicted molar refractivity (Wildman–Crippen MR) is 177 cm³/mol. The van der Waals surface area contributed by atoms with E-state index in [1.54, 1.807) is 11.3 Å².